The van der Waals surface area contributed by atoms with Crippen molar-refractivity contribution in [1.82, 2.24) is 4.98 Å². The molecule has 4 nitrogen and oxygen atoms in total. The van der Waals surface area contributed by atoms with E-state index in [0.717, 1.165) is 11.1 Å². The minimum atomic E-state index is 0.0468. The topological polar surface area (TPSA) is 43.1 Å². The van der Waals surface area contributed by atoms with E-state index in [-0.39, 0.29) is 5.78 Å². The van der Waals surface area contributed by atoms with Crippen molar-refractivity contribution < 1.29 is 14.1 Å². The van der Waals surface area contributed by atoms with Gasteiger partial charge >= 0.3 is 0 Å². The summed E-state index contributed by atoms with van der Waals surface area (Å²) >= 11 is 0. The maximum absolute atomic E-state index is 12.4. The minimum Gasteiger partial charge on any atom is -0.497 e. The molecule has 1 aromatic carbocycles. The summed E-state index contributed by atoms with van der Waals surface area (Å²) in [6, 6.07) is 15.1. The van der Waals surface area contributed by atoms with Crippen molar-refractivity contribution in [3.63, 3.8) is 0 Å². The minimum absolute atomic E-state index is 0.0468. The quantitative estimate of drug-likeness (QED) is 0.538. The highest BCUT2D eigenvalue weighted by molar-refractivity contribution is 5.95. The van der Waals surface area contributed by atoms with Crippen LogP contribution in [0.4, 0.5) is 0 Å². The summed E-state index contributed by atoms with van der Waals surface area (Å²) in [6.45, 7) is 0.295. The Morgan fingerprint density at radius 1 is 1.04 bits per heavy atom. The van der Waals surface area contributed by atoms with Crippen LogP contribution in [0, 0.1) is 0 Å². The normalized spacial score (nSPS) is 10.3. The number of Topliss-reactive ketones (excluding diaryl/α,β-unsaturated/α-hetero) is 1. The van der Waals surface area contributed by atoms with Gasteiger partial charge in [0, 0.05) is 30.1 Å². The third kappa shape index (κ3) is 3.61. The number of benzene rings is 1. The van der Waals surface area contributed by atoms with Crippen molar-refractivity contribution in [3.8, 4) is 16.9 Å². The van der Waals surface area contributed by atoms with E-state index in [1.807, 2.05) is 53.4 Å². The molecule has 0 amide bonds. The molecule has 2 heterocycles. The van der Waals surface area contributed by atoms with Crippen molar-refractivity contribution >= 4 is 5.78 Å². The molecule has 0 saturated heterocycles. The third-order valence-electron chi connectivity index (χ3n) is 3.62. The number of ketones is 1. The molecule has 114 valence electrons. The van der Waals surface area contributed by atoms with Gasteiger partial charge in [-0.3, -0.25) is 9.78 Å². The van der Waals surface area contributed by atoms with E-state index in [9.17, 15) is 4.79 Å². The second-order valence-electron chi connectivity index (χ2n) is 5.15. The summed E-state index contributed by atoms with van der Waals surface area (Å²) in [5.41, 5.74) is 2.85. The van der Waals surface area contributed by atoms with Crippen LogP contribution in [0.5, 0.6) is 5.75 Å². The molecule has 0 saturated carbocycles. The van der Waals surface area contributed by atoms with Crippen molar-refractivity contribution in [2.75, 3.05) is 7.11 Å². The molecule has 0 N–H and O–H groups in total. The molecular weight excluding hydrogens is 288 g/mol. The summed E-state index contributed by atoms with van der Waals surface area (Å²) in [6.07, 6.45) is 7.35. The Bertz CT molecular complexity index is 799. The zero-order valence-electron chi connectivity index (χ0n) is 12.8. The van der Waals surface area contributed by atoms with Crippen LogP contribution in [0.15, 0.2) is 73.3 Å². The fraction of sp³-hybridized carbons (Fsp3) is 0.105. The fourth-order valence-corrected chi connectivity index (χ4v) is 2.35. The average molecular weight is 305 g/mol. The number of hydrogen-bond donors (Lipinski definition) is 0. The fourth-order valence-electron chi connectivity index (χ4n) is 2.35. The predicted octanol–water partition coefficient (Wildman–Crippen LogP) is 2.93. The van der Waals surface area contributed by atoms with Crippen LogP contribution in [0.25, 0.3) is 11.1 Å². The number of hydrogen-bond acceptors (Lipinski definition) is 3. The Kier molecular flexibility index (Phi) is 4.43. The van der Waals surface area contributed by atoms with Gasteiger partial charge in [-0.2, -0.15) is 4.57 Å². The van der Waals surface area contributed by atoms with E-state index in [2.05, 4.69) is 4.98 Å². The maximum Gasteiger partial charge on any atom is 0.227 e. The zero-order chi connectivity index (χ0) is 16.1. The molecule has 0 unspecified atom stereocenters. The van der Waals surface area contributed by atoms with Gasteiger partial charge in [-0.25, -0.2) is 0 Å². The van der Waals surface area contributed by atoms with Gasteiger partial charge in [-0.15, -0.1) is 0 Å². The smallest absolute Gasteiger partial charge is 0.227 e. The van der Waals surface area contributed by atoms with Crippen LogP contribution in [0.2, 0.25) is 0 Å². The van der Waals surface area contributed by atoms with Crippen molar-refractivity contribution in [3.05, 3.63) is 78.9 Å². The summed E-state index contributed by atoms with van der Waals surface area (Å²) in [7, 11) is 1.59. The van der Waals surface area contributed by atoms with Gasteiger partial charge in [0.25, 0.3) is 0 Å². The van der Waals surface area contributed by atoms with Gasteiger partial charge in [-0.05, 0) is 35.4 Å². The van der Waals surface area contributed by atoms with E-state index in [1.54, 1.807) is 31.6 Å². The van der Waals surface area contributed by atoms with Crippen LogP contribution in [0.3, 0.4) is 0 Å². The predicted molar refractivity (Wildman–Crippen MR) is 87.2 cm³/mol. The van der Waals surface area contributed by atoms with Gasteiger partial charge in [0.15, 0.2) is 12.4 Å². The van der Waals surface area contributed by atoms with Crippen LogP contribution in [-0.2, 0) is 6.54 Å². The molecule has 0 aliphatic heterocycles. The lowest BCUT2D eigenvalue weighted by Crippen LogP contribution is -2.37. The van der Waals surface area contributed by atoms with Crippen LogP contribution < -0.4 is 9.30 Å². The molecule has 0 spiro atoms. The Labute approximate surface area is 135 Å². The number of carbonyl (C=O) groups excluding carboxylic acids is 1. The number of ether oxygens (including phenoxy) is 1. The van der Waals surface area contributed by atoms with Crippen molar-refractivity contribution in [2.45, 2.75) is 6.54 Å². The van der Waals surface area contributed by atoms with E-state index in [0.29, 0.717) is 17.9 Å². The number of nitrogens with zero attached hydrogens (tertiary/aromatic N) is 2. The second kappa shape index (κ2) is 6.83. The average Bonchev–Trinajstić information content (AvgIpc) is 2.63. The van der Waals surface area contributed by atoms with E-state index >= 15 is 0 Å². The standard InChI is InChI=1S/C19H17N2O2/c1-23-18-4-2-3-17(13-18)19(22)14-21-11-7-16(8-12-21)15-5-9-20-10-6-15/h2-13H,14H2,1H3/q+1. The molecule has 0 bridgehead atoms. The Morgan fingerprint density at radius 2 is 1.74 bits per heavy atom. The first kappa shape index (κ1) is 14.9. The lowest BCUT2D eigenvalue weighted by molar-refractivity contribution is -0.683. The van der Waals surface area contributed by atoms with Crippen LogP contribution >= 0.6 is 0 Å². The number of methoxy groups -OCH3 is 1. The molecular formula is C19H17N2O2+. The molecule has 3 aromatic rings. The number of rotatable bonds is 5. The molecule has 0 atom stereocenters. The highest BCUT2D eigenvalue weighted by Crippen LogP contribution is 2.16. The Hall–Kier alpha value is -3.01. The molecule has 0 aliphatic rings. The largest absolute Gasteiger partial charge is 0.497 e. The molecule has 0 fully saturated rings. The van der Waals surface area contributed by atoms with Crippen molar-refractivity contribution in [2.24, 2.45) is 0 Å². The highest BCUT2D eigenvalue weighted by Gasteiger charge is 2.13. The third-order valence-corrected chi connectivity index (χ3v) is 3.62. The van der Waals surface area contributed by atoms with E-state index in [4.69, 9.17) is 4.74 Å². The summed E-state index contributed by atoms with van der Waals surface area (Å²) in [5, 5.41) is 0. The summed E-state index contributed by atoms with van der Waals surface area (Å²) < 4.78 is 7.02. The van der Waals surface area contributed by atoms with E-state index in [1.165, 1.54) is 0 Å². The number of pyridine rings is 2. The number of carbonyl (C=O) groups is 1. The first-order valence-corrected chi connectivity index (χ1v) is 7.33. The molecule has 23 heavy (non-hydrogen) atoms. The van der Waals surface area contributed by atoms with E-state index < -0.39 is 0 Å². The SMILES string of the molecule is COc1cccc(C(=O)C[n+]2ccc(-c3ccncc3)cc2)c1. The van der Waals surface area contributed by atoms with Crippen LogP contribution in [-0.4, -0.2) is 17.9 Å². The zero-order valence-corrected chi connectivity index (χ0v) is 12.8. The molecule has 0 radical (unpaired) electrons. The lowest BCUT2D eigenvalue weighted by atomic mass is 10.1. The number of aromatic nitrogens is 2. The van der Waals surface area contributed by atoms with Gasteiger partial charge in [0.2, 0.25) is 12.3 Å². The second-order valence-corrected chi connectivity index (χ2v) is 5.15. The van der Waals surface area contributed by atoms with Gasteiger partial charge in [0.05, 0.1) is 7.11 Å². The summed E-state index contributed by atoms with van der Waals surface area (Å²) in [4.78, 5) is 16.4. The highest BCUT2D eigenvalue weighted by atomic mass is 16.5. The molecule has 0 aliphatic carbocycles. The first-order valence-electron chi connectivity index (χ1n) is 7.33. The molecule has 4 heteroatoms. The molecule has 3 rings (SSSR count). The van der Waals surface area contributed by atoms with Gasteiger partial charge in [-0.1, -0.05) is 12.1 Å². The Balaban J connectivity index is 1.74. The van der Waals surface area contributed by atoms with Crippen LogP contribution in [0.1, 0.15) is 10.4 Å². The van der Waals surface area contributed by atoms with Gasteiger partial charge in [0.1, 0.15) is 5.75 Å². The maximum atomic E-state index is 12.4. The monoisotopic (exact) mass is 305 g/mol. The molecule has 2 aromatic heterocycles. The van der Waals surface area contributed by atoms with Crippen molar-refractivity contribution in [1.29, 1.82) is 0 Å². The Morgan fingerprint density at radius 3 is 2.43 bits per heavy atom. The summed E-state index contributed by atoms with van der Waals surface area (Å²) in [5.74, 6) is 0.736. The lowest BCUT2D eigenvalue weighted by Gasteiger charge is -2.03. The first-order chi connectivity index (χ1) is 11.3. The van der Waals surface area contributed by atoms with Gasteiger partial charge < -0.3 is 4.74 Å².